The highest BCUT2D eigenvalue weighted by Gasteiger charge is 2.39. The number of hydrogen-bond donors (Lipinski definition) is 0. The maximum absolute atomic E-state index is 13.2. The van der Waals surface area contributed by atoms with Crippen molar-refractivity contribution in [1.29, 1.82) is 0 Å². The Kier molecular flexibility index (Phi) is 5.71. The molecular formula is C28H29NO3. The molecular weight excluding hydrogens is 398 g/mol. The molecule has 4 nitrogen and oxygen atoms in total. The minimum Gasteiger partial charge on any atom is -0.493 e. The number of carbonyl (C=O) groups is 1. The Bertz CT molecular complexity index is 1120. The first-order valence-electron chi connectivity index (χ1n) is 11.3. The van der Waals surface area contributed by atoms with Gasteiger partial charge in [-0.3, -0.25) is 9.69 Å². The van der Waals surface area contributed by atoms with E-state index in [0.29, 0.717) is 18.8 Å². The minimum atomic E-state index is -0.0388. The molecule has 0 radical (unpaired) electrons. The van der Waals surface area contributed by atoms with Crippen molar-refractivity contribution in [2.75, 3.05) is 20.2 Å². The number of fused-ring (bicyclic) bond motifs is 3. The van der Waals surface area contributed by atoms with Crippen LogP contribution in [0.1, 0.15) is 46.2 Å². The fourth-order valence-corrected chi connectivity index (χ4v) is 5.07. The number of ether oxygens (including phenoxy) is 2. The summed E-state index contributed by atoms with van der Waals surface area (Å²) in [6, 6.07) is 22.8. The second kappa shape index (κ2) is 8.79. The number of nitrogens with zero attached hydrogens (tertiary/aromatic N) is 1. The van der Waals surface area contributed by atoms with Gasteiger partial charge in [0.2, 0.25) is 0 Å². The quantitative estimate of drug-likeness (QED) is 0.558. The number of carbonyl (C=O) groups excluding carboxylic acids is 1. The number of ketones is 1. The van der Waals surface area contributed by atoms with Gasteiger partial charge in [-0.2, -0.15) is 0 Å². The minimum absolute atomic E-state index is 0.0388. The van der Waals surface area contributed by atoms with E-state index in [-0.39, 0.29) is 12.0 Å². The molecule has 3 aromatic rings. The highest BCUT2D eigenvalue weighted by molar-refractivity contribution is 5.87. The predicted molar refractivity (Wildman–Crippen MR) is 125 cm³/mol. The van der Waals surface area contributed by atoms with E-state index >= 15 is 0 Å². The Morgan fingerprint density at radius 2 is 1.84 bits per heavy atom. The van der Waals surface area contributed by atoms with Crippen LogP contribution in [0, 0.1) is 6.92 Å². The number of benzene rings is 3. The molecule has 0 bridgehead atoms. The molecule has 4 heteroatoms. The molecule has 2 atom stereocenters. The van der Waals surface area contributed by atoms with Crippen LogP contribution >= 0.6 is 0 Å². The van der Waals surface area contributed by atoms with Gasteiger partial charge in [-0.1, -0.05) is 60.2 Å². The van der Waals surface area contributed by atoms with E-state index in [4.69, 9.17) is 9.47 Å². The van der Waals surface area contributed by atoms with Gasteiger partial charge in [-0.05, 0) is 47.7 Å². The van der Waals surface area contributed by atoms with Gasteiger partial charge in [0.05, 0.1) is 13.0 Å². The predicted octanol–water partition coefficient (Wildman–Crippen LogP) is 5.24. The van der Waals surface area contributed by atoms with E-state index in [1.165, 1.54) is 16.7 Å². The van der Waals surface area contributed by atoms with E-state index in [0.717, 1.165) is 42.1 Å². The van der Waals surface area contributed by atoms with Gasteiger partial charge >= 0.3 is 0 Å². The summed E-state index contributed by atoms with van der Waals surface area (Å²) in [7, 11) is 1.68. The molecule has 0 spiro atoms. The average molecular weight is 428 g/mol. The zero-order valence-corrected chi connectivity index (χ0v) is 18.7. The lowest BCUT2D eigenvalue weighted by molar-refractivity contribution is -0.125. The molecule has 164 valence electrons. The Labute approximate surface area is 189 Å². The van der Waals surface area contributed by atoms with Crippen LogP contribution in [0.5, 0.6) is 11.5 Å². The second-order valence-electron chi connectivity index (χ2n) is 8.87. The first-order chi connectivity index (χ1) is 15.6. The standard InChI is InChI=1S/C28H29NO3/c1-19-7-6-10-21(13-19)24-17-29-12-11-22-14-28(32-18-20-8-4-3-5-9-20)27(31-2)15-23(22)25(29)16-26(24)30/h3-10,13-15,24-25H,11-12,16-18H2,1-2H3/t24-,25+/m0/s1. The van der Waals surface area contributed by atoms with Crippen LogP contribution in [0.15, 0.2) is 66.7 Å². The van der Waals surface area contributed by atoms with E-state index in [1.54, 1.807) is 7.11 Å². The summed E-state index contributed by atoms with van der Waals surface area (Å²) >= 11 is 0. The van der Waals surface area contributed by atoms with E-state index in [9.17, 15) is 4.79 Å². The monoisotopic (exact) mass is 427 g/mol. The maximum Gasteiger partial charge on any atom is 0.161 e. The fourth-order valence-electron chi connectivity index (χ4n) is 5.07. The first kappa shape index (κ1) is 20.8. The molecule has 2 aliphatic rings. The van der Waals surface area contributed by atoms with Crippen molar-refractivity contribution in [3.63, 3.8) is 0 Å². The normalized spacial score (nSPS) is 20.4. The van der Waals surface area contributed by atoms with Crippen molar-refractivity contribution in [2.45, 2.75) is 38.3 Å². The van der Waals surface area contributed by atoms with Gasteiger partial charge in [0.1, 0.15) is 12.4 Å². The summed E-state index contributed by atoms with van der Waals surface area (Å²) in [5.74, 6) is 1.79. The topological polar surface area (TPSA) is 38.8 Å². The van der Waals surface area contributed by atoms with Crippen LogP contribution in [0.4, 0.5) is 0 Å². The highest BCUT2D eigenvalue weighted by Crippen LogP contribution is 2.43. The van der Waals surface area contributed by atoms with Crippen LogP contribution in [-0.4, -0.2) is 30.9 Å². The van der Waals surface area contributed by atoms with Crippen molar-refractivity contribution in [1.82, 2.24) is 4.90 Å². The molecule has 2 aliphatic heterocycles. The highest BCUT2D eigenvalue weighted by atomic mass is 16.5. The molecule has 1 fully saturated rings. The fraction of sp³-hybridized carbons (Fsp3) is 0.321. The van der Waals surface area contributed by atoms with E-state index < -0.39 is 0 Å². The third-order valence-electron chi connectivity index (χ3n) is 6.78. The van der Waals surface area contributed by atoms with Crippen LogP contribution in [0.3, 0.4) is 0 Å². The third kappa shape index (κ3) is 4.03. The van der Waals surface area contributed by atoms with E-state index in [2.05, 4.69) is 60.4 Å². The molecule has 0 saturated carbocycles. The molecule has 3 aromatic carbocycles. The van der Waals surface area contributed by atoms with Crippen molar-refractivity contribution in [2.24, 2.45) is 0 Å². The number of aryl methyl sites for hydroxylation is 1. The van der Waals surface area contributed by atoms with Crippen LogP contribution < -0.4 is 9.47 Å². The summed E-state index contributed by atoms with van der Waals surface area (Å²) in [4.78, 5) is 15.6. The molecule has 0 amide bonds. The summed E-state index contributed by atoms with van der Waals surface area (Å²) < 4.78 is 11.8. The number of Topliss-reactive ketones (excluding diaryl/α,β-unsaturated/α-hetero) is 1. The maximum atomic E-state index is 13.2. The van der Waals surface area contributed by atoms with Gasteiger partial charge < -0.3 is 9.47 Å². The Hall–Kier alpha value is -3.11. The summed E-state index contributed by atoms with van der Waals surface area (Å²) in [5, 5.41) is 0. The Balaban J connectivity index is 1.38. The van der Waals surface area contributed by atoms with E-state index in [1.807, 2.05) is 18.2 Å². The van der Waals surface area contributed by atoms with Crippen molar-refractivity contribution >= 4 is 5.78 Å². The largest absolute Gasteiger partial charge is 0.493 e. The number of methoxy groups -OCH3 is 1. The van der Waals surface area contributed by atoms with Crippen molar-refractivity contribution < 1.29 is 14.3 Å². The second-order valence-corrected chi connectivity index (χ2v) is 8.87. The smallest absolute Gasteiger partial charge is 0.161 e. The molecule has 5 rings (SSSR count). The zero-order chi connectivity index (χ0) is 22.1. The molecule has 0 N–H and O–H groups in total. The summed E-state index contributed by atoms with van der Waals surface area (Å²) in [5.41, 5.74) is 5.93. The van der Waals surface area contributed by atoms with Gasteiger partial charge in [0.25, 0.3) is 0 Å². The van der Waals surface area contributed by atoms with Gasteiger partial charge in [0, 0.05) is 25.6 Å². The lowest BCUT2D eigenvalue weighted by Crippen LogP contribution is -2.45. The number of piperidine rings is 1. The molecule has 2 heterocycles. The molecule has 0 aromatic heterocycles. The van der Waals surface area contributed by atoms with Gasteiger partial charge in [-0.25, -0.2) is 0 Å². The van der Waals surface area contributed by atoms with Crippen molar-refractivity contribution in [3.05, 3.63) is 94.5 Å². The molecule has 32 heavy (non-hydrogen) atoms. The van der Waals surface area contributed by atoms with Crippen molar-refractivity contribution in [3.8, 4) is 11.5 Å². The molecule has 0 unspecified atom stereocenters. The van der Waals surface area contributed by atoms with Crippen LogP contribution in [0.2, 0.25) is 0 Å². The van der Waals surface area contributed by atoms with Gasteiger partial charge in [0.15, 0.2) is 11.5 Å². The molecule has 0 aliphatic carbocycles. The average Bonchev–Trinajstić information content (AvgIpc) is 2.82. The van der Waals surface area contributed by atoms with Crippen LogP contribution in [0.25, 0.3) is 0 Å². The van der Waals surface area contributed by atoms with Crippen LogP contribution in [-0.2, 0) is 17.8 Å². The Morgan fingerprint density at radius 1 is 1.00 bits per heavy atom. The molecule has 1 saturated heterocycles. The lowest BCUT2D eigenvalue weighted by Gasteiger charge is -2.43. The lowest BCUT2D eigenvalue weighted by atomic mass is 9.80. The van der Waals surface area contributed by atoms with Gasteiger partial charge in [-0.15, -0.1) is 0 Å². The first-order valence-corrected chi connectivity index (χ1v) is 11.3. The third-order valence-corrected chi connectivity index (χ3v) is 6.78. The zero-order valence-electron chi connectivity index (χ0n) is 18.7. The summed E-state index contributed by atoms with van der Waals surface area (Å²) in [6.45, 7) is 4.32. The Morgan fingerprint density at radius 3 is 2.62 bits per heavy atom. The SMILES string of the molecule is COc1cc2c(cc1OCc1ccccc1)CCN1C[C@@H](c3cccc(C)c3)C(=O)C[C@H]21. The number of rotatable bonds is 5. The summed E-state index contributed by atoms with van der Waals surface area (Å²) in [6.07, 6.45) is 1.49. The number of hydrogen-bond acceptors (Lipinski definition) is 4.